The Hall–Kier alpha value is -2.48. The van der Waals surface area contributed by atoms with Crippen LogP contribution in [0.4, 0.5) is 0 Å². The third-order valence-corrected chi connectivity index (χ3v) is 6.40. The highest BCUT2D eigenvalue weighted by molar-refractivity contribution is 7.82. The zero-order chi connectivity index (χ0) is 18.9. The van der Waals surface area contributed by atoms with Crippen molar-refractivity contribution >= 4 is 18.2 Å². The minimum atomic E-state index is -4.18. The van der Waals surface area contributed by atoms with E-state index < -0.39 is 12.9 Å². The van der Waals surface area contributed by atoms with Crippen molar-refractivity contribution in [2.24, 2.45) is 0 Å². The summed E-state index contributed by atoms with van der Waals surface area (Å²) >= 11 is 0. The van der Waals surface area contributed by atoms with Gasteiger partial charge in [0.15, 0.2) is 0 Å². The Morgan fingerprint density at radius 1 is 0.846 bits per heavy atom. The molecule has 0 aliphatic heterocycles. The molecule has 26 heavy (non-hydrogen) atoms. The molecule has 0 aliphatic carbocycles. The average Bonchev–Trinajstić information content (AvgIpc) is 2.63. The molecule has 0 amide bonds. The predicted molar refractivity (Wildman–Crippen MR) is 106 cm³/mol. The maximum Gasteiger partial charge on any atom is 0.298 e. The van der Waals surface area contributed by atoms with E-state index in [0.29, 0.717) is 5.56 Å². The van der Waals surface area contributed by atoms with Crippen LogP contribution in [0.3, 0.4) is 0 Å². The summed E-state index contributed by atoms with van der Waals surface area (Å²) in [4.78, 5) is 23.7. The summed E-state index contributed by atoms with van der Waals surface area (Å²) in [6.45, 7) is 5.65. The molecule has 0 radical (unpaired) electrons. The summed E-state index contributed by atoms with van der Waals surface area (Å²) in [5, 5.41) is 0.158. The predicted octanol–water partition coefficient (Wildman–Crippen LogP) is 5.01. The third kappa shape index (κ3) is 3.16. The number of aryl methyl sites for hydroxylation is 2. The van der Waals surface area contributed by atoms with Crippen LogP contribution >= 0.6 is 7.37 Å². The fourth-order valence-electron chi connectivity index (χ4n) is 3.46. The van der Waals surface area contributed by atoms with Crippen LogP contribution in [-0.2, 0) is 4.57 Å². The molecule has 3 aromatic rings. The normalized spacial score (nSPS) is 13.2. The Labute approximate surface area is 153 Å². The molecule has 0 spiro atoms. The summed E-state index contributed by atoms with van der Waals surface area (Å²) in [7, 11) is -4.18. The van der Waals surface area contributed by atoms with Gasteiger partial charge in [-0.1, -0.05) is 54.6 Å². The van der Waals surface area contributed by atoms with E-state index in [1.54, 1.807) is 18.2 Å². The molecule has 0 bridgehead atoms. The Kier molecular flexibility index (Phi) is 4.95. The zero-order valence-corrected chi connectivity index (χ0v) is 16.0. The van der Waals surface area contributed by atoms with Gasteiger partial charge in [-0.05, 0) is 60.7 Å². The Bertz CT molecular complexity index is 1010. The van der Waals surface area contributed by atoms with Crippen molar-refractivity contribution < 1.29 is 14.3 Å². The number of rotatable bonds is 4. The lowest BCUT2D eigenvalue weighted by molar-refractivity contribution is 0.106. The zero-order valence-electron chi connectivity index (χ0n) is 15.1. The van der Waals surface area contributed by atoms with Crippen LogP contribution in [0, 0.1) is 20.8 Å². The van der Waals surface area contributed by atoms with Crippen LogP contribution in [0.1, 0.15) is 27.0 Å². The van der Waals surface area contributed by atoms with Crippen molar-refractivity contribution in [3.8, 4) is 11.1 Å². The molecular weight excluding hydrogens is 343 g/mol. The molecule has 3 rings (SSSR count). The van der Waals surface area contributed by atoms with Crippen molar-refractivity contribution in [1.82, 2.24) is 0 Å². The Morgan fingerprint density at radius 3 is 1.96 bits per heavy atom. The smallest absolute Gasteiger partial charge is 0.298 e. The highest BCUT2D eigenvalue weighted by atomic mass is 31.2. The monoisotopic (exact) mass is 364 g/mol. The summed E-state index contributed by atoms with van der Waals surface area (Å²) in [6.07, 6.45) is 0. The molecule has 0 aliphatic rings. The van der Waals surface area contributed by atoms with E-state index >= 15 is 0 Å². The van der Waals surface area contributed by atoms with Crippen molar-refractivity contribution in [2.75, 3.05) is 0 Å². The maximum atomic E-state index is 13.1. The van der Waals surface area contributed by atoms with Gasteiger partial charge in [0, 0.05) is 10.9 Å². The minimum absolute atomic E-state index is 0.158. The number of carbonyl (C=O) groups excluding carboxylic acids is 1. The molecule has 132 valence electrons. The Morgan fingerprint density at radius 2 is 1.38 bits per heavy atom. The molecule has 0 aromatic heterocycles. The van der Waals surface area contributed by atoms with E-state index in [2.05, 4.69) is 0 Å². The van der Waals surface area contributed by atoms with E-state index in [9.17, 15) is 14.3 Å². The molecule has 1 N–H and O–H groups in total. The summed E-state index contributed by atoms with van der Waals surface area (Å²) < 4.78 is 13.0. The largest absolute Gasteiger partial charge is 0.336 e. The molecule has 3 nitrogen and oxygen atoms in total. The van der Waals surface area contributed by atoms with Gasteiger partial charge in [0.2, 0.25) is 0 Å². The lowest BCUT2D eigenvalue weighted by Crippen LogP contribution is -2.15. The molecule has 1 unspecified atom stereocenters. The molecule has 0 fully saturated rings. The number of benzene rings is 3. The van der Waals surface area contributed by atoms with Gasteiger partial charge in [-0.15, -0.1) is 0 Å². The fourth-order valence-corrected chi connectivity index (χ4v) is 4.92. The number of hydrogen-bond acceptors (Lipinski definition) is 2. The van der Waals surface area contributed by atoms with Crippen molar-refractivity contribution in [3.63, 3.8) is 0 Å². The van der Waals surface area contributed by atoms with E-state index in [-0.39, 0.29) is 5.30 Å². The lowest BCUT2D eigenvalue weighted by atomic mass is 9.90. The van der Waals surface area contributed by atoms with E-state index in [1.807, 2.05) is 57.2 Å². The van der Waals surface area contributed by atoms with Gasteiger partial charge < -0.3 is 4.89 Å². The van der Waals surface area contributed by atoms with Crippen LogP contribution in [0.25, 0.3) is 11.1 Å². The van der Waals surface area contributed by atoms with Crippen molar-refractivity contribution in [3.05, 3.63) is 89.0 Å². The van der Waals surface area contributed by atoms with E-state index in [0.717, 1.165) is 27.8 Å². The van der Waals surface area contributed by atoms with Gasteiger partial charge in [-0.25, -0.2) is 0 Å². The second-order valence-electron chi connectivity index (χ2n) is 6.47. The van der Waals surface area contributed by atoms with Gasteiger partial charge in [0.05, 0.1) is 0 Å². The summed E-state index contributed by atoms with van der Waals surface area (Å²) in [5.41, 5.74) is 4.05. The summed E-state index contributed by atoms with van der Waals surface area (Å²) in [6, 6.07) is 19.8. The molecule has 0 heterocycles. The van der Waals surface area contributed by atoms with Crippen molar-refractivity contribution in [1.29, 1.82) is 0 Å². The quantitative estimate of drug-likeness (QED) is 0.662. The van der Waals surface area contributed by atoms with Crippen LogP contribution in [0.5, 0.6) is 0 Å². The summed E-state index contributed by atoms with van der Waals surface area (Å²) in [5.74, 6) is 0. The Balaban J connectivity index is 2.20. The average molecular weight is 364 g/mol. The molecule has 0 saturated carbocycles. The first-order valence-corrected chi connectivity index (χ1v) is 10.1. The van der Waals surface area contributed by atoms with E-state index in [4.69, 9.17) is 0 Å². The first-order valence-electron chi connectivity index (χ1n) is 8.43. The molecule has 4 heteroatoms. The maximum absolute atomic E-state index is 13.1. The molecule has 1 atom stereocenters. The molecular formula is C22H21O3P. The number of carbonyl (C=O) groups is 1. The second-order valence-corrected chi connectivity index (χ2v) is 8.54. The first kappa shape index (κ1) is 18.3. The molecule has 3 aromatic carbocycles. The van der Waals surface area contributed by atoms with Gasteiger partial charge in [0.25, 0.3) is 12.9 Å². The van der Waals surface area contributed by atoms with E-state index in [1.165, 1.54) is 12.1 Å². The standard InChI is InChI=1S/C22H21O3P/c1-15-14-16(2)21(17(3)20(15)18-10-6-4-7-11-18)22(23)26(24,25)19-12-8-5-9-13-19/h4-14H,1-3H3,(H,24,25). The van der Waals surface area contributed by atoms with Gasteiger partial charge in [0.1, 0.15) is 0 Å². The SMILES string of the molecule is Cc1cc(C)c(-c2ccccc2)c(C)c1C(=O)P(=O)(O)c1ccccc1. The number of hydrogen-bond donors (Lipinski definition) is 1. The van der Waals surface area contributed by atoms with Gasteiger partial charge in [-0.3, -0.25) is 9.36 Å². The van der Waals surface area contributed by atoms with Crippen LogP contribution in [-0.4, -0.2) is 10.4 Å². The molecule has 0 saturated heterocycles. The lowest BCUT2D eigenvalue weighted by Gasteiger charge is -2.19. The van der Waals surface area contributed by atoms with Gasteiger partial charge >= 0.3 is 0 Å². The topological polar surface area (TPSA) is 54.4 Å². The van der Waals surface area contributed by atoms with Crippen LogP contribution in [0.15, 0.2) is 66.7 Å². The first-order chi connectivity index (χ1) is 12.3. The van der Waals surface area contributed by atoms with Crippen LogP contribution < -0.4 is 5.30 Å². The second kappa shape index (κ2) is 7.03. The van der Waals surface area contributed by atoms with Crippen LogP contribution in [0.2, 0.25) is 0 Å². The fraction of sp³-hybridized carbons (Fsp3) is 0.136. The van der Waals surface area contributed by atoms with Crippen molar-refractivity contribution in [2.45, 2.75) is 20.8 Å². The van der Waals surface area contributed by atoms with Gasteiger partial charge in [-0.2, -0.15) is 0 Å². The highest BCUT2D eigenvalue weighted by Gasteiger charge is 2.34. The highest BCUT2D eigenvalue weighted by Crippen LogP contribution is 2.46. The third-order valence-electron chi connectivity index (χ3n) is 4.63. The minimum Gasteiger partial charge on any atom is -0.336 e.